The average molecular weight is 307 g/mol. The maximum atomic E-state index is 5.64. The predicted octanol–water partition coefficient (Wildman–Crippen LogP) is 2.11. The van der Waals surface area contributed by atoms with E-state index in [0.29, 0.717) is 5.65 Å². The number of ether oxygens (including phenoxy) is 1. The first-order valence-electron chi connectivity index (χ1n) is 7.62. The van der Waals surface area contributed by atoms with Gasteiger partial charge in [0.1, 0.15) is 0 Å². The van der Waals surface area contributed by atoms with Crippen molar-refractivity contribution in [2.24, 2.45) is 0 Å². The number of rotatable bonds is 2. The lowest BCUT2D eigenvalue weighted by Crippen LogP contribution is -2.36. The smallest absolute Gasteiger partial charge is 0.222 e. The van der Waals surface area contributed by atoms with Gasteiger partial charge in [-0.05, 0) is 24.3 Å². The van der Waals surface area contributed by atoms with Gasteiger partial charge in [0.15, 0.2) is 5.65 Å². The number of benzene rings is 1. The van der Waals surface area contributed by atoms with Crippen LogP contribution in [0.3, 0.4) is 0 Å². The molecule has 0 radical (unpaired) electrons. The Morgan fingerprint density at radius 1 is 0.957 bits per heavy atom. The van der Waals surface area contributed by atoms with Crippen LogP contribution >= 0.6 is 0 Å². The molecule has 6 heteroatoms. The quantitative estimate of drug-likeness (QED) is 0.781. The molecule has 4 rings (SSSR count). The Morgan fingerprint density at radius 3 is 2.52 bits per heavy atom. The molecule has 6 nitrogen and oxygen atoms in total. The van der Waals surface area contributed by atoms with Crippen LogP contribution in [0.4, 0.5) is 11.6 Å². The van der Waals surface area contributed by atoms with Crippen LogP contribution in [0.2, 0.25) is 0 Å². The van der Waals surface area contributed by atoms with Crippen LogP contribution in [0.5, 0.6) is 0 Å². The summed E-state index contributed by atoms with van der Waals surface area (Å²) in [5.41, 5.74) is 9.40. The highest BCUT2D eigenvalue weighted by atomic mass is 16.5. The summed E-state index contributed by atoms with van der Waals surface area (Å²) in [6.45, 7) is 3.44. The molecule has 116 valence electrons. The second-order valence-electron chi connectivity index (χ2n) is 5.48. The van der Waals surface area contributed by atoms with Crippen molar-refractivity contribution in [3.05, 3.63) is 42.6 Å². The molecule has 0 aliphatic carbocycles. The van der Waals surface area contributed by atoms with Crippen LogP contribution in [0.1, 0.15) is 0 Å². The third-order valence-corrected chi connectivity index (χ3v) is 4.00. The van der Waals surface area contributed by atoms with Crippen molar-refractivity contribution in [3.8, 4) is 11.3 Å². The van der Waals surface area contributed by atoms with Gasteiger partial charge in [0.25, 0.3) is 0 Å². The Labute approximate surface area is 133 Å². The van der Waals surface area contributed by atoms with Crippen molar-refractivity contribution in [3.63, 3.8) is 0 Å². The highest BCUT2D eigenvalue weighted by Crippen LogP contribution is 2.24. The van der Waals surface area contributed by atoms with E-state index >= 15 is 0 Å². The Kier molecular flexibility index (Phi) is 3.51. The number of hydrogen-bond acceptors (Lipinski definition) is 6. The monoisotopic (exact) mass is 307 g/mol. The summed E-state index contributed by atoms with van der Waals surface area (Å²) in [5, 5.41) is 0.882. The lowest BCUT2D eigenvalue weighted by atomic mass is 10.1. The maximum Gasteiger partial charge on any atom is 0.222 e. The van der Waals surface area contributed by atoms with Crippen LogP contribution in [0.25, 0.3) is 22.3 Å². The fourth-order valence-corrected chi connectivity index (χ4v) is 2.75. The summed E-state index contributed by atoms with van der Waals surface area (Å²) in [7, 11) is 0. The van der Waals surface area contributed by atoms with Gasteiger partial charge in [0.05, 0.1) is 18.9 Å². The lowest BCUT2D eigenvalue weighted by molar-refractivity contribution is 0.122. The molecule has 0 bridgehead atoms. The number of fused-ring (bicyclic) bond motifs is 1. The standard InChI is InChI=1S/C17H17N5O/c18-17-19-11-13-3-6-15(20-16(13)21-17)12-1-4-14(5-2-12)22-7-9-23-10-8-22/h1-6,11H,7-10H2,(H2,18,19,20,21). The summed E-state index contributed by atoms with van der Waals surface area (Å²) in [4.78, 5) is 15.1. The van der Waals surface area contributed by atoms with Crippen LogP contribution in [0.15, 0.2) is 42.6 Å². The second-order valence-corrected chi connectivity index (χ2v) is 5.48. The first kappa shape index (κ1) is 13.9. The third-order valence-electron chi connectivity index (χ3n) is 4.00. The summed E-state index contributed by atoms with van der Waals surface area (Å²) in [6, 6.07) is 12.4. The van der Waals surface area contributed by atoms with Gasteiger partial charge < -0.3 is 15.4 Å². The first-order chi connectivity index (χ1) is 11.3. The Hall–Kier alpha value is -2.73. The molecule has 3 heterocycles. The van der Waals surface area contributed by atoms with E-state index in [-0.39, 0.29) is 5.95 Å². The highest BCUT2D eigenvalue weighted by molar-refractivity contribution is 5.78. The van der Waals surface area contributed by atoms with Crippen molar-refractivity contribution in [2.75, 3.05) is 36.9 Å². The Morgan fingerprint density at radius 2 is 1.74 bits per heavy atom. The summed E-state index contributed by atoms with van der Waals surface area (Å²) in [5.74, 6) is 0.241. The van der Waals surface area contributed by atoms with E-state index in [1.807, 2.05) is 12.1 Å². The number of nitrogens with two attached hydrogens (primary N) is 1. The van der Waals surface area contributed by atoms with Crippen molar-refractivity contribution >= 4 is 22.7 Å². The third kappa shape index (κ3) is 2.80. The fraction of sp³-hybridized carbons (Fsp3) is 0.235. The van der Waals surface area contributed by atoms with Gasteiger partial charge in [-0.15, -0.1) is 0 Å². The number of nitrogen functional groups attached to an aromatic ring is 1. The molecule has 0 unspecified atom stereocenters. The van der Waals surface area contributed by atoms with Crippen LogP contribution < -0.4 is 10.6 Å². The van der Waals surface area contributed by atoms with Gasteiger partial charge >= 0.3 is 0 Å². The zero-order valence-electron chi connectivity index (χ0n) is 12.6. The summed E-state index contributed by atoms with van der Waals surface area (Å²) in [6.07, 6.45) is 1.69. The van der Waals surface area contributed by atoms with Gasteiger partial charge in [-0.3, -0.25) is 0 Å². The van der Waals surface area contributed by atoms with E-state index in [0.717, 1.165) is 42.9 Å². The van der Waals surface area contributed by atoms with Crippen LogP contribution in [-0.2, 0) is 4.74 Å². The molecular weight excluding hydrogens is 290 g/mol. The van der Waals surface area contributed by atoms with E-state index < -0.39 is 0 Å². The van der Waals surface area contributed by atoms with Crippen LogP contribution in [0, 0.1) is 0 Å². The molecule has 1 aliphatic heterocycles. The van der Waals surface area contributed by atoms with Crippen LogP contribution in [-0.4, -0.2) is 41.3 Å². The molecule has 0 amide bonds. The SMILES string of the molecule is Nc1ncc2ccc(-c3ccc(N4CCOCC4)cc3)nc2n1. The van der Waals surface area contributed by atoms with Crippen molar-refractivity contribution in [1.82, 2.24) is 15.0 Å². The maximum absolute atomic E-state index is 5.64. The van der Waals surface area contributed by atoms with E-state index in [1.54, 1.807) is 6.20 Å². The molecular formula is C17H17N5O. The van der Waals surface area contributed by atoms with Gasteiger partial charge in [-0.1, -0.05) is 12.1 Å². The number of nitrogens with zero attached hydrogens (tertiary/aromatic N) is 4. The zero-order valence-corrected chi connectivity index (χ0v) is 12.6. The normalized spacial score (nSPS) is 15.0. The molecule has 0 spiro atoms. The minimum Gasteiger partial charge on any atom is -0.378 e. The number of morpholine rings is 1. The minimum atomic E-state index is 0.241. The lowest BCUT2D eigenvalue weighted by Gasteiger charge is -2.28. The molecule has 23 heavy (non-hydrogen) atoms. The van der Waals surface area contributed by atoms with E-state index in [2.05, 4.69) is 44.1 Å². The molecule has 2 N–H and O–H groups in total. The van der Waals surface area contributed by atoms with Gasteiger partial charge in [-0.25, -0.2) is 9.97 Å². The molecule has 0 saturated carbocycles. The summed E-state index contributed by atoms with van der Waals surface area (Å²) < 4.78 is 5.39. The predicted molar refractivity (Wildman–Crippen MR) is 90.2 cm³/mol. The van der Waals surface area contributed by atoms with Crippen molar-refractivity contribution < 1.29 is 4.74 Å². The average Bonchev–Trinajstić information content (AvgIpc) is 2.62. The van der Waals surface area contributed by atoms with Gasteiger partial charge in [0.2, 0.25) is 5.95 Å². The van der Waals surface area contributed by atoms with Gasteiger partial charge in [0, 0.05) is 35.9 Å². The second kappa shape index (κ2) is 5.81. The van der Waals surface area contributed by atoms with E-state index in [9.17, 15) is 0 Å². The van der Waals surface area contributed by atoms with E-state index in [1.165, 1.54) is 5.69 Å². The van der Waals surface area contributed by atoms with E-state index in [4.69, 9.17) is 10.5 Å². The van der Waals surface area contributed by atoms with Gasteiger partial charge in [-0.2, -0.15) is 4.98 Å². The molecule has 1 saturated heterocycles. The fourth-order valence-electron chi connectivity index (χ4n) is 2.75. The summed E-state index contributed by atoms with van der Waals surface area (Å²) >= 11 is 0. The Balaban J connectivity index is 1.64. The number of pyridine rings is 1. The molecule has 1 aromatic carbocycles. The largest absolute Gasteiger partial charge is 0.378 e. The molecule has 1 fully saturated rings. The number of aromatic nitrogens is 3. The number of anilines is 2. The number of hydrogen-bond donors (Lipinski definition) is 1. The molecule has 0 atom stereocenters. The first-order valence-corrected chi connectivity index (χ1v) is 7.62. The topological polar surface area (TPSA) is 77.2 Å². The molecule has 1 aliphatic rings. The Bertz CT molecular complexity index is 828. The van der Waals surface area contributed by atoms with Crippen molar-refractivity contribution in [2.45, 2.75) is 0 Å². The molecule has 3 aromatic rings. The van der Waals surface area contributed by atoms with Crippen molar-refractivity contribution in [1.29, 1.82) is 0 Å². The minimum absolute atomic E-state index is 0.241. The zero-order chi connectivity index (χ0) is 15.6. The highest BCUT2D eigenvalue weighted by Gasteiger charge is 2.11. The molecule has 2 aromatic heterocycles.